The SMILES string of the molecule is COC(=O)[C@@H]1Cc2cc3c(cc2CN1CC1CCC1)C[C@H](c1ccc(OCc2ccc(Cl)c(Cl)c2)cc1)CCO3. The number of carbonyl (C=O) groups is 1. The number of hydrogen-bond acceptors (Lipinski definition) is 5. The molecule has 0 radical (unpaired) electrons. The monoisotopic (exact) mass is 579 g/mol. The lowest BCUT2D eigenvalue weighted by atomic mass is 9.83. The average molecular weight is 581 g/mol. The Labute approximate surface area is 246 Å². The quantitative estimate of drug-likeness (QED) is 0.273. The number of methoxy groups -OCH3 is 1. The van der Waals surface area contributed by atoms with Crippen molar-refractivity contribution in [2.75, 3.05) is 20.3 Å². The molecule has 5 nitrogen and oxygen atoms in total. The molecule has 1 fully saturated rings. The van der Waals surface area contributed by atoms with Crippen LogP contribution in [-0.4, -0.2) is 37.2 Å². The fourth-order valence-electron chi connectivity index (χ4n) is 6.18. The molecule has 1 saturated carbocycles. The van der Waals surface area contributed by atoms with Gasteiger partial charge in [-0.1, -0.05) is 53.9 Å². The third-order valence-electron chi connectivity index (χ3n) is 8.73. The number of rotatable bonds is 7. The van der Waals surface area contributed by atoms with Gasteiger partial charge in [-0.2, -0.15) is 0 Å². The molecule has 0 amide bonds. The van der Waals surface area contributed by atoms with Gasteiger partial charge in [-0.15, -0.1) is 0 Å². The minimum Gasteiger partial charge on any atom is -0.493 e. The number of ether oxygens (including phenoxy) is 3. The Balaban J connectivity index is 1.15. The van der Waals surface area contributed by atoms with E-state index in [9.17, 15) is 4.79 Å². The fraction of sp³-hybridized carbons (Fsp3) is 0.424. The second-order valence-electron chi connectivity index (χ2n) is 11.3. The summed E-state index contributed by atoms with van der Waals surface area (Å²) in [6, 6.07) is 18.3. The second-order valence-corrected chi connectivity index (χ2v) is 12.2. The van der Waals surface area contributed by atoms with E-state index >= 15 is 0 Å². The standard InChI is InChI=1S/C33H35Cl2NO4/c1-38-33(37)31-16-25-17-32-26(15-27(25)19-36(31)18-21-3-2-4-21)14-24(11-12-39-32)23-6-8-28(9-7-23)40-20-22-5-10-29(34)30(35)13-22/h5-10,13,15,17,21,24,31H,2-4,11-12,14,16,18-20H2,1H3/t24-,31+/m1/s1. The number of benzene rings is 3. The summed E-state index contributed by atoms with van der Waals surface area (Å²) in [6.45, 7) is 2.85. The lowest BCUT2D eigenvalue weighted by Crippen LogP contribution is -2.48. The number of halogens is 2. The molecule has 2 heterocycles. The van der Waals surface area contributed by atoms with Crippen molar-refractivity contribution in [3.63, 3.8) is 0 Å². The molecule has 3 aliphatic rings. The van der Waals surface area contributed by atoms with Gasteiger partial charge in [-0.3, -0.25) is 9.69 Å². The topological polar surface area (TPSA) is 48.0 Å². The van der Waals surface area contributed by atoms with Crippen molar-refractivity contribution in [2.24, 2.45) is 5.92 Å². The predicted octanol–water partition coefficient (Wildman–Crippen LogP) is 7.38. The largest absolute Gasteiger partial charge is 0.493 e. The molecule has 2 atom stereocenters. The lowest BCUT2D eigenvalue weighted by Gasteiger charge is -2.39. The first-order valence-electron chi connectivity index (χ1n) is 14.2. The molecule has 0 unspecified atom stereocenters. The van der Waals surface area contributed by atoms with Gasteiger partial charge in [0.1, 0.15) is 24.1 Å². The van der Waals surface area contributed by atoms with Gasteiger partial charge in [-0.25, -0.2) is 0 Å². The van der Waals surface area contributed by atoms with Crippen molar-refractivity contribution < 1.29 is 19.0 Å². The van der Waals surface area contributed by atoms with E-state index in [1.165, 1.54) is 48.6 Å². The molecular formula is C33H35Cl2NO4. The van der Waals surface area contributed by atoms with Gasteiger partial charge in [-0.05, 0) is 102 Å². The van der Waals surface area contributed by atoms with Crippen LogP contribution in [0.5, 0.6) is 11.5 Å². The smallest absolute Gasteiger partial charge is 0.323 e. The van der Waals surface area contributed by atoms with Gasteiger partial charge < -0.3 is 14.2 Å². The van der Waals surface area contributed by atoms with Crippen molar-refractivity contribution in [1.82, 2.24) is 4.90 Å². The molecule has 0 spiro atoms. The molecule has 210 valence electrons. The van der Waals surface area contributed by atoms with Crippen LogP contribution in [0.1, 0.15) is 59.4 Å². The van der Waals surface area contributed by atoms with Crippen LogP contribution in [0.2, 0.25) is 10.0 Å². The molecule has 1 aliphatic carbocycles. The van der Waals surface area contributed by atoms with Crippen molar-refractivity contribution in [2.45, 2.75) is 63.6 Å². The summed E-state index contributed by atoms with van der Waals surface area (Å²) in [5.74, 6) is 2.70. The van der Waals surface area contributed by atoms with E-state index < -0.39 is 0 Å². The number of carbonyl (C=O) groups excluding carboxylic acids is 1. The molecule has 2 aliphatic heterocycles. The maximum atomic E-state index is 12.7. The van der Waals surface area contributed by atoms with E-state index in [1.54, 1.807) is 6.07 Å². The van der Waals surface area contributed by atoms with E-state index in [0.717, 1.165) is 43.0 Å². The van der Waals surface area contributed by atoms with Crippen LogP contribution in [0.15, 0.2) is 54.6 Å². The Morgan fingerprint density at radius 3 is 2.50 bits per heavy atom. The highest BCUT2D eigenvalue weighted by atomic mass is 35.5. The van der Waals surface area contributed by atoms with E-state index in [-0.39, 0.29) is 12.0 Å². The Bertz CT molecular complexity index is 1370. The van der Waals surface area contributed by atoms with Crippen LogP contribution in [-0.2, 0) is 35.5 Å². The van der Waals surface area contributed by atoms with Gasteiger partial charge in [0.25, 0.3) is 0 Å². The zero-order chi connectivity index (χ0) is 27.6. The first-order chi connectivity index (χ1) is 19.5. The maximum Gasteiger partial charge on any atom is 0.323 e. The Kier molecular flexibility index (Phi) is 8.25. The zero-order valence-electron chi connectivity index (χ0n) is 22.8. The maximum absolute atomic E-state index is 12.7. The Morgan fingerprint density at radius 1 is 0.950 bits per heavy atom. The molecule has 0 aromatic heterocycles. The molecule has 7 heteroatoms. The third kappa shape index (κ3) is 5.97. The lowest BCUT2D eigenvalue weighted by molar-refractivity contribution is -0.148. The molecule has 3 aromatic rings. The molecular weight excluding hydrogens is 545 g/mol. The predicted molar refractivity (Wildman–Crippen MR) is 157 cm³/mol. The van der Waals surface area contributed by atoms with Gasteiger partial charge in [0.15, 0.2) is 0 Å². The third-order valence-corrected chi connectivity index (χ3v) is 9.47. The van der Waals surface area contributed by atoms with Gasteiger partial charge >= 0.3 is 5.97 Å². The van der Waals surface area contributed by atoms with Gasteiger partial charge in [0.2, 0.25) is 0 Å². The van der Waals surface area contributed by atoms with Crippen molar-refractivity contribution in [3.05, 3.63) is 92.5 Å². The van der Waals surface area contributed by atoms with Gasteiger partial charge in [0.05, 0.1) is 23.8 Å². The fourth-order valence-corrected chi connectivity index (χ4v) is 6.50. The number of fused-ring (bicyclic) bond motifs is 2. The Morgan fingerprint density at radius 2 is 1.77 bits per heavy atom. The van der Waals surface area contributed by atoms with E-state index in [1.807, 2.05) is 24.3 Å². The molecule has 6 rings (SSSR count). The summed E-state index contributed by atoms with van der Waals surface area (Å²) in [6.07, 6.45) is 6.37. The summed E-state index contributed by atoms with van der Waals surface area (Å²) in [7, 11) is 1.49. The van der Waals surface area contributed by atoms with Gasteiger partial charge in [0, 0.05) is 13.1 Å². The Hall–Kier alpha value is -2.73. The summed E-state index contributed by atoms with van der Waals surface area (Å²) in [5, 5.41) is 1.07. The number of nitrogens with zero attached hydrogens (tertiary/aromatic N) is 1. The summed E-state index contributed by atoms with van der Waals surface area (Å²) < 4.78 is 17.4. The van der Waals surface area contributed by atoms with Crippen molar-refractivity contribution >= 4 is 29.2 Å². The molecule has 0 bridgehead atoms. The minimum absolute atomic E-state index is 0.134. The highest BCUT2D eigenvalue weighted by Gasteiger charge is 2.35. The normalized spacial score (nSPS) is 20.9. The zero-order valence-corrected chi connectivity index (χ0v) is 24.3. The molecule has 0 N–H and O–H groups in total. The number of hydrogen-bond donors (Lipinski definition) is 0. The highest BCUT2D eigenvalue weighted by Crippen LogP contribution is 2.38. The minimum atomic E-state index is -0.216. The first-order valence-corrected chi connectivity index (χ1v) is 15.0. The average Bonchev–Trinajstić information content (AvgIpc) is 3.15. The van der Waals surface area contributed by atoms with E-state index in [0.29, 0.717) is 41.5 Å². The molecule has 40 heavy (non-hydrogen) atoms. The van der Waals surface area contributed by atoms with Crippen LogP contribution < -0.4 is 9.47 Å². The summed E-state index contributed by atoms with van der Waals surface area (Å²) in [4.78, 5) is 15.0. The highest BCUT2D eigenvalue weighted by molar-refractivity contribution is 6.42. The van der Waals surface area contributed by atoms with Crippen molar-refractivity contribution in [3.8, 4) is 11.5 Å². The van der Waals surface area contributed by atoms with Crippen molar-refractivity contribution in [1.29, 1.82) is 0 Å². The van der Waals surface area contributed by atoms with E-state index in [4.69, 9.17) is 37.4 Å². The summed E-state index contributed by atoms with van der Waals surface area (Å²) in [5.41, 5.74) is 6.03. The van der Waals surface area contributed by atoms with Crippen LogP contribution in [0.3, 0.4) is 0 Å². The van der Waals surface area contributed by atoms with Crippen LogP contribution in [0, 0.1) is 5.92 Å². The van der Waals surface area contributed by atoms with Crippen LogP contribution in [0.4, 0.5) is 0 Å². The molecule has 3 aromatic carbocycles. The van der Waals surface area contributed by atoms with Crippen LogP contribution in [0.25, 0.3) is 0 Å². The second kappa shape index (κ2) is 12.0. The van der Waals surface area contributed by atoms with E-state index in [2.05, 4.69) is 29.2 Å². The summed E-state index contributed by atoms with van der Waals surface area (Å²) >= 11 is 12.2. The molecule has 0 saturated heterocycles. The number of esters is 1. The van der Waals surface area contributed by atoms with Crippen LogP contribution >= 0.6 is 23.2 Å². The first kappa shape index (κ1) is 27.4.